The van der Waals surface area contributed by atoms with E-state index in [-0.39, 0.29) is 42.3 Å². The van der Waals surface area contributed by atoms with Gasteiger partial charge in [0.05, 0.1) is 12.0 Å². The summed E-state index contributed by atoms with van der Waals surface area (Å²) in [4.78, 5) is 38.7. The molecule has 2 aromatic rings. The first-order valence-electron chi connectivity index (χ1n) is 12.1. The van der Waals surface area contributed by atoms with E-state index in [2.05, 4.69) is 5.32 Å². The van der Waals surface area contributed by atoms with Crippen molar-refractivity contribution in [2.45, 2.75) is 64.1 Å². The van der Waals surface area contributed by atoms with Gasteiger partial charge >= 0.3 is 5.69 Å². The average Bonchev–Trinajstić information content (AvgIpc) is 2.88. The summed E-state index contributed by atoms with van der Waals surface area (Å²) in [6, 6.07) is 10.6. The van der Waals surface area contributed by atoms with Crippen molar-refractivity contribution in [3.8, 4) is 11.5 Å². The van der Waals surface area contributed by atoms with E-state index in [4.69, 9.17) is 21.1 Å². The minimum absolute atomic E-state index is 0.0242. The first-order chi connectivity index (χ1) is 17.3. The van der Waals surface area contributed by atoms with Crippen molar-refractivity contribution in [3.05, 3.63) is 63.2 Å². The normalized spacial score (nSPS) is 14.5. The SMILES string of the molecule is CC[C@H](C(=O)NC1CCCCC1)N(Cc1ccccc1Cl)C(=O)COc1ccc([N+](=O)[O-])c(OC)c1. The summed E-state index contributed by atoms with van der Waals surface area (Å²) in [5.74, 6) is -0.334. The number of hydrogen-bond acceptors (Lipinski definition) is 6. The van der Waals surface area contributed by atoms with Crippen molar-refractivity contribution < 1.29 is 24.0 Å². The molecule has 1 saturated carbocycles. The minimum atomic E-state index is -0.703. The lowest BCUT2D eigenvalue weighted by Gasteiger charge is -2.33. The predicted molar refractivity (Wildman–Crippen MR) is 136 cm³/mol. The van der Waals surface area contributed by atoms with Gasteiger partial charge in [-0.25, -0.2) is 0 Å². The summed E-state index contributed by atoms with van der Waals surface area (Å²) in [7, 11) is 1.32. The van der Waals surface area contributed by atoms with Gasteiger partial charge in [0.1, 0.15) is 11.8 Å². The lowest BCUT2D eigenvalue weighted by atomic mass is 9.95. The van der Waals surface area contributed by atoms with Crippen LogP contribution in [0.1, 0.15) is 51.0 Å². The molecule has 0 spiro atoms. The highest BCUT2D eigenvalue weighted by atomic mass is 35.5. The topological polar surface area (TPSA) is 111 Å². The van der Waals surface area contributed by atoms with E-state index in [9.17, 15) is 19.7 Å². The van der Waals surface area contributed by atoms with Crippen LogP contribution in [0.5, 0.6) is 11.5 Å². The van der Waals surface area contributed by atoms with Gasteiger partial charge in [0.15, 0.2) is 6.61 Å². The van der Waals surface area contributed by atoms with Crippen LogP contribution in [-0.4, -0.2) is 47.4 Å². The second-order valence-electron chi connectivity index (χ2n) is 8.76. The lowest BCUT2D eigenvalue weighted by Crippen LogP contribution is -2.52. The number of nitrogens with one attached hydrogen (secondary N) is 1. The van der Waals surface area contributed by atoms with Gasteiger partial charge < -0.3 is 19.7 Å². The molecular weight excluding hydrogens is 486 g/mol. The predicted octanol–water partition coefficient (Wildman–Crippen LogP) is 4.89. The van der Waals surface area contributed by atoms with Gasteiger partial charge in [-0.05, 0) is 37.0 Å². The smallest absolute Gasteiger partial charge is 0.311 e. The first kappa shape index (κ1) is 27.3. The van der Waals surface area contributed by atoms with Crippen molar-refractivity contribution >= 4 is 29.1 Å². The molecule has 2 aromatic carbocycles. The number of hydrogen-bond donors (Lipinski definition) is 1. The monoisotopic (exact) mass is 517 g/mol. The number of carbonyl (C=O) groups excluding carboxylic acids is 2. The summed E-state index contributed by atoms with van der Waals surface area (Å²) < 4.78 is 10.7. The Kier molecular flexibility index (Phi) is 9.93. The molecule has 1 fully saturated rings. The third kappa shape index (κ3) is 7.10. The second kappa shape index (κ2) is 13.1. The number of methoxy groups -OCH3 is 1. The average molecular weight is 518 g/mol. The van der Waals surface area contributed by atoms with Gasteiger partial charge in [-0.2, -0.15) is 0 Å². The number of nitrogens with zero attached hydrogens (tertiary/aromatic N) is 2. The number of amides is 2. The molecule has 0 aliphatic heterocycles. The third-order valence-corrected chi connectivity index (χ3v) is 6.71. The molecule has 1 aliphatic carbocycles. The van der Waals surface area contributed by atoms with Gasteiger partial charge in [0.25, 0.3) is 5.91 Å². The van der Waals surface area contributed by atoms with Gasteiger partial charge in [0, 0.05) is 29.7 Å². The molecule has 0 heterocycles. The molecule has 0 saturated heterocycles. The molecule has 9 nitrogen and oxygen atoms in total. The second-order valence-corrected chi connectivity index (χ2v) is 9.17. The van der Waals surface area contributed by atoms with Gasteiger partial charge in [0.2, 0.25) is 11.7 Å². The van der Waals surface area contributed by atoms with Crippen LogP contribution in [-0.2, 0) is 16.1 Å². The molecule has 1 N–H and O–H groups in total. The molecule has 36 heavy (non-hydrogen) atoms. The van der Waals surface area contributed by atoms with Crippen LogP contribution in [0.2, 0.25) is 5.02 Å². The zero-order valence-corrected chi connectivity index (χ0v) is 21.3. The molecular formula is C26H32ClN3O6. The fourth-order valence-electron chi connectivity index (χ4n) is 4.40. The molecule has 0 radical (unpaired) electrons. The maximum Gasteiger partial charge on any atom is 0.311 e. The van der Waals surface area contributed by atoms with Crippen molar-refractivity contribution in [2.24, 2.45) is 0 Å². The highest BCUT2D eigenvalue weighted by Gasteiger charge is 2.31. The van der Waals surface area contributed by atoms with E-state index in [1.807, 2.05) is 19.1 Å². The van der Waals surface area contributed by atoms with Crippen molar-refractivity contribution in [1.82, 2.24) is 10.2 Å². The number of rotatable bonds is 11. The molecule has 2 amide bonds. The largest absolute Gasteiger partial charge is 0.490 e. The van der Waals surface area contributed by atoms with Crippen LogP contribution in [0, 0.1) is 10.1 Å². The zero-order valence-electron chi connectivity index (χ0n) is 20.6. The number of halogens is 1. The molecule has 0 aromatic heterocycles. The number of nitro benzene ring substituents is 1. The molecule has 0 unspecified atom stereocenters. The molecule has 0 bridgehead atoms. The lowest BCUT2D eigenvalue weighted by molar-refractivity contribution is -0.385. The summed E-state index contributed by atoms with van der Waals surface area (Å²) >= 11 is 6.36. The Morgan fingerprint density at radius 2 is 1.92 bits per heavy atom. The Labute approximate surface area is 215 Å². The first-order valence-corrected chi connectivity index (χ1v) is 12.5. The summed E-state index contributed by atoms with van der Waals surface area (Å²) in [6.07, 6.45) is 5.62. The minimum Gasteiger partial charge on any atom is -0.490 e. The Bertz CT molecular complexity index is 1070. The van der Waals surface area contributed by atoms with Crippen LogP contribution in [0.3, 0.4) is 0 Å². The molecule has 194 valence electrons. The summed E-state index contributed by atoms with van der Waals surface area (Å²) in [5, 5.41) is 14.8. The van der Waals surface area contributed by atoms with Gasteiger partial charge in [-0.1, -0.05) is 56.0 Å². The van der Waals surface area contributed by atoms with E-state index in [0.717, 1.165) is 25.7 Å². The Balaban J connectivity index is 1.79. The fraction of sp³-hybridized carbons (Fsp3) is 0.462. The van der Waals surface area contributed by atoms with E-state index in [0.29, 0.717) is 17.0 Å². The molecule has 1 aliphatic rings. The third-order valence-electron chi connectivity index (χ3n) is 6.35. The summed E-state index contributed by atoms with van der Waals surface area (Å²) in [6.45, 7) is 1.64. The van der Waals surface area contributed by atoms with Crippen LogP contribution >= 0.6 is 11.6 Å². The van der Waals surface area contributed by atoms with Gasteiger partial charge in [-0.15, -0.1) is 0 Å². The molecule has 3 rings (SSSR count). The molecule has 1 atom stereocenters. The number of carbonyl (C=O) groups is 2. The number of ether oxygens (including phenoxy) is 2. The van der Waals surface area contributed by atoms with Crippen molar-refractivity contribution in [3.63, 3.8) is 0 Å². The van der Waals surface area contributed by atoms with Crippen LogP contribution in [0.15, 0.2) is 42.5 Å². The Morgan fingerprint density at radius 1 is 1.19 bits per heavy atom. The highest BCUT2D eigenvalue weighted by Crippen LogP contribution is 2.31. The van der Waals surface area contributed by atoms with Gasteiger partial charge in [-0.3, -0.25) is 19.7 Å². The Morgan fingerprint density at radius 3 is 2.56 bits per heavy atom. The van der Waals surface area contributed by atoms with Crippen molar-refractivity contribution in [1.29, 1.82) is 0 Å². The maximum absolute atomic E-state index is 13.4. The van der Waals surface area contributed by atoms with Crippen LogP contribution < -0.4 is 14.8 Å². The van der Waals surface area contributed by atoms with Crippen LogP contribution in [0.25, 0.3) is 0 Å². The number of nitro groups is 1. The van der Waals surface area contributed by atoms with E-state index < -0.39 is 16.9 Å². The van der Waals surface area contributed by atoms with E-state index >= 15 is 0 Å². The van der Waals surface area contributed by atoms with E-state index in [1.54, 1.807) is 12.1 Å². The molecule has 10 heteroatoms. The van der Waals surface area contributed by atoms with Crippen molar-refractivity contribution in [2.75, 3.05) is 13.7 Å². The highest BCUT2D eigenvalue weighted by molar-refractivity contribution is 6.31. The zero-order chi connectivity index (χ0) is 26.1. The maximum atomic E-state index is 13.4. The summed E-state index contributed by atoms with van der Waals surface area (Å²) in [5.41, 5.74) is 0.510. The van der Waals surface area contributed by atoms with E-state index in [1.165, 1.54) is 36.6 Å². The number of benzene rings is 2. The van der Waals surface area contributed by atoms with Crippen LogP contribution in [0.4, 0.5) is 5.69 Å². The quantitative estimate of drug-likeness (QED) is 0.335. The standard InChI is InChI=1S/C26H32ClN3O6/c1-3-22(26(32)28-19-10-5-4-6-11-19)29(16-18-9-7-8-12-21(18)27)25(31)17-36-20-13-14-23(30(33)34)24(15-20)35-2/h7-9,12-15,19,22H,3-6,10-11,16-17H2,1-2H3,(H,28,32)/t22-/m1/s1. The fourth-order valence-corrected chi connectivity index (χ4v) is 4.60. The Hall–Kier alpha value is -3.33.